The first-order valence-corrected chi connectivity index (χ1v) is 19.4. The maximum Gasteiger partial charge on any atom is 0.135 e. The van der Waals surface area contributed by atoms with Gasteiger partial charge in [0.1, 0.15) is 12.4 Å². The molecule has 254 valence electrons. The molecule has 0 amide bonds. The Labute approximate surface area is 317 Å². The Morgan fingerprint density at radius 3 is 2.07 bits per heavy atom. The number of ether oxygens (including phenoxy) is 1. The smallest absolute Gasteiger partial charge is 0.135 e. The van der Waals surface area contributed by atoms with E-state index in [0.29, 0.717) is 6.61 Å². The number of fused-ring (bicyclic) bond motifs is 13. The molecule has 3 aliphatic heterocycles. The van der Waals surface area contributed by atoms with Crippen LogP contribution in [0.2, 0.25) is 0 Å². The predicted molar refractivity (Wildman–Crippen MR) is 226 cm³/mol. The summed E-state index contributed by atoms with van der Waals surface area (Å²) in [5.74, 6) is 0.955. The fraction of sp³-hybridized carbons (Fsp3) is 0.0400. The highest BCUT2D eigenvalue weighted by Gasteiger charge is 2.34. The molecule has 12 rings (SSSR count). The molecule has 3 aliphatic rings. The molecule has 4 heteroatoms. The van der Waals surface area contributed by atoms with Gasteiger partial charge in [0.25, 0.3) is 0 Å². The van der Waals surface area contributed by atoms with E-state index in [1.807, 2.05) is 11.3 Å². The highest BCUT2D eigenvalue weighted by Crippen LogP contribution is 2.56. The van der Waals surface area contributed by atoms with Gasteiger partial charge in [-0.05, 0) is 82.4 Å². The number of para-hydroxylation sites is 3. The lowest BCUT2D eigenvalue weighted by Crippen LogP contribution is -2.27. The van der Waals surface area contributed by atoms with Crippen LogP contribution in [0.5, 0.6) is 5.75 Å². The zero-order chi connectivity index (χ0) is 35.3. The Bertz CT molecular complexity index is 3000. The molecule has 1 aromatic heterocycles. The van der Waals surface area contributed by atoms with E-state index < -0.39 is 0 Å². The zero-order valence-electron chi connectivity index (χ0n) is 29.3. The van der Waals surface area contributed by atoms with Gasteiger partial charge in [0.05, 0.1) is 5.69 Å². The fourth-order valence-electron chi connectivity index (χ4n) is 9.12. The standard InChI is InChI=1S/C50H32N2OS/c1-2-11-35-32(10-1)30-53-50-36(15-9-16-40(35)50)31-20-22-33(23-21-31)52(34-24-27-48-42(28-34)39-13-5-8-19-47(39)54-48)46-26-25-37-38-12-3-6-17-44(38)51-29-43(37)49(46)41-14-4-7-18-45(41)51/h1-28H,29-30H2. The van der Waals surface area contributed by atoms with Crippen LogP contribution in [0, 0.1) is 0 Å². The molecule has 0 unspecified atom stereocenters. The third-order valence-corrected chi connectivity index (χ3v) is 12.7. The van der Waals surface area contributed by atoms with E-state index in [-0.39, 0.29) is 0 Å². The van der Waals surface area contributed by atoms with Crippen LogP contribution >= 0.6 is 11.3 Å². The molecule has 54 heavy (non-hydrogen) atoms. The van der Waals surface area contributed by atoms with Gasteiger partial charge in [0.2, 0.25) is 0 Å². The van der Waals surface area contributed by atoms with E-state index in [9.17, 15) is 0 Å². The summed E-state index contributed by atoms with van der Waals surface area (Å²) in [7, 11) is 0. The van der Waals surface area contributed by atoms with Crippen LogP contribution in [0.25, 0.3) is 64.7 Å². The van der Waals surface area contributed by atoms with Crippen molar-refractivity contribution in [2.45, 2.75) is 13.2 Å². The van der Waals surface area contributed by atoms with Crippen molar-refractivity contribution in [2.24, 2.45) is 0 Å². The minimum Gasteiger partial charge on any atom is -0.488 e. The Morgan fingerprint density at radius 1 is 0.500 bits per heavy atom. The molecule has 9 aromatic rings. The van der Waals surface area contributed by atoms with Crippen LogP contribution in [-0.4, -0.2) is 0 Å². The summed E-state index contributed by atoms with van der Waals surface area (Å²) in [5, 5.41) is 2.59. The largest absolute Gasteiger partial charge is 0.488 e. The molecule has 3 nitrogen and oxygen atoms in total. The lowest BCUT2D eigenvalue weighted by Gasteiger charge is -2.41. The number of hydrogen-bond donors (Lipinski definition) is 0. The van der Waals surface area contributed by atoms with Gasteiger partial charge in [0, 0.05) is 77.3 Å². The molecular weight excluding hydrogens is 677 g/mol. The van der Waals surface area contributed by atoms with Gasteiger partial charge < -0.3 is 14.5 Å². The van der Waals surface area contributed by atoms with Crippen LogP contribution in [0.4, 0.5) is 28.4 Å². The zero-order valence-corrected chi connectivity index (χ0v) is 30.1. The van der Waals surface area contributed by atoms with Gasteiger partial charge in [-0.2, -0.15) is 0 Å². The monoisotopic (exact) mass is 708 g/mol. The molecule has 2 bridgehead atoms. The van der Waals surface area contributed by atoms with E-state index in [1.54, 1.807) is 0 Å². The summed E-state index contributed by atoms with van der Waals surface area (Å²) >= 11 is 1.86. The molecule has 0 saturated carbocycles. The Morgan fingerprint density at radius 2 is 1.19 bits per heavy atom. The van der Waals surface area contributed by atoms with E-state index in [4.69, 9.17) is 4.74 Å². The number of hydrogen-bond acceptors (Lipinski definition) is 4. The van der Waals surface area contributed by atoms with Gasteiger partial charge in [-0.3, -0.25) is 0 Å². The number of anilines is 5. The quantitative estimate of drug-likeness (QED) is 0.181. The summed E-state index contributed by atoms with van der Waals surface area (Å²) in [4.78, 5) is 4.97. The van der Waals surface area contributed by atoms with Crippen molar-refractivity contribution < 1.29 is 4.74 Å². The first-order valence-electron chi connectivity index (χ1n) is 18.6. The lowest BCUT2D eigenvalue weighted by atomic mass is 9.82. The third kappa shape index (κ3) is 4.29. The van der Waals surface area contributed by atoms with Crippen molar-refractivity contribution in [3.05, 3.63) is 181 Å². The summed E-state index contributed by atoms with van der Waals surface area (Å²) in [6, 6.07) is 62.4. The van der Waals surface area contributed by atoms with Gasteiger partial charge >= 0.3 is 0 Å². The molecule has 0 saturated heterocycles. The third-order valence-electron chi connectivity index (χ3n) is 11.5. The minimum absolute atomic E-state index is 0.580. The maximum absolute atomic E-state index is 6.45. The van der Waals surface area contributed by atoms with Crippen molar-refractivity contribution in [3.8, 4) is 50.3 Å². The molecule has 0 aliphatic carbocycles. The fourth-order valence-corrected chi connectivity index (χ4v) is 10.2. The first-order chi connectivity index (χ1) is 26.8. The highest BCUT2D eigenvalue weighted by molar-refractivity contribution is 7.25. The van der Waals surface area contributed by atoms with Crippen LogP contribution in [0.3, 0.4) is 0 Å². The van der Waals surface area contributed by atoms with E-state index in [0.717, 1.165) is 40.4 Å². The molecule has 0 spiro atoms. The van der Waals surface area contributed by atoms with Crippen molar-refractivity contribution in [1.82, 2.24) is 0 Å². The molecule has 0 atom stereocenters. The molecule has 0 fully saturated rings. The highest BCUT2D eigenvalue weighted by atomic mass is 32.1. The summed E-state index contributed by atoms with van der Waals surface area (Å²) in [5.41, 5.74) is 18.4. The van der Waals surface area contributed by atoms with E-state index in [2.05, 4.69) is 180 Å². The van der Waals surface area contributed by atoms with E-state index in [1.165, 1.54) is 76.2 Å². The molecule has 8 aromatic carbocycles. The predicted octanol–water partition coefficient (Wildman–Crippen LogP) is 14.0. The number of nitrogens with zero attached hydrogens (tertiary/aromatic N) is 2. The van der Waals surface area contributed by atoms with Gasteiger partial charge in [-0.15, -0.1) is 11.3 Å². The Hall–Kier alpha value is -6.62. The van der Waals surface area contributed by atoms with Crippen LogP contribution in [0.15, 0.2) is 170 Å². The number of benzene rings is 8. The molecular formula is C50H32N2OS. The second kappa shape index (κ2) is 11.4. The average Bonchev–Trinajstić information content (AvgIpc) is 3.62. The van der Waals surface area contributed by atoms with Crippen molar-refractivity contribution in [3.63, 3.8) is 0 Å². The van der Waals surface area contributed by atoms with Crippen molar-refractivity contribution >= 4 is 59.9 Å². The van der Waals surface area contributed by atoms with Gasteiger partial charge in [0.15, 0.2) is 0 Å². The molecule has 0 N–H and O–H groups in total. The SMILES string of the molecule is c1ccc2c(c1)COc1c(-c3ccc(N(c4ccc5sc6ccccc6c5c4)c4ccc5c6c4-c4ccccc4N(C6)c4ccccc4-5)cc3)cccc1-2. The Balaban J connectivity index is 1.07. The average molecular weight is 709 g/mol. The number of thiophene rings is 1. The summed E-state index contributed by atoms with van der Waals surface area (Å²) in [6.07, 6.45) is 0. The topological polar surface area (TPSA) is 15.7 Å². The van der Waals surface area contributed by atoms with Crippen molar-refractivity contribution in [1.29, 1.82) is 0 Å². The molecule has 0 radical (unpaired) electrons. The second-order valence-electron chi connectivity index (χ2n) is 14.4. The normalized spacial score (nSPS) is 13.1. The maximum atomic E-state index is 6.45. The van der Waals surface area contributed by atoms with Crippen LogP contribution < -0.4 is 14.5 Å². The first kappa shape index (κ1) is 29.9. The van der Waals surface area contributed by atoms with Gasteiger partial charge in [-0.25, -0.2) is 0 Å². The molecule has 4 heterocycles. The lowest BCUT2D eigenvalue weighted by molar-refractivity contribution is 0.303. The summed E-state index contributed by atoms with van der Waals surface area (Å²) in [6.45, 7) is 1.42. The van der Waals surface area contributed by atoms with Gasteiger partial charge in [-0.1, -0.05) is 115 Å². The van der Waals surface area contributed by atoms with Crippen LogP contribution in [-0.2, 0) is 13.2 Å². The summed E-state index contributed by atoms with van der Waals surface area (Å²) < 4.78 is 9.07. The van der Waals surface area contributed by atoms with Crippen molar-refractivity contribution in [2.75, 3.05) is 9.80 Å². The number of rotatable bonds is 4. The minimum atomic E-state index is 0.580. The second-order valence-corrected chi connectivity index (χ2v) is 15.5. The Kier molecular flexibility index (Phi) is 6.33. The van der Waals surface area contributed by atoms with Crippen LogP contribution in [0.1, 0.15) is 11.1 Å². The van der Waals surface area contributed by atoms with E-state index >= 15 is 0 Å².